The molecule has 2 rings (SSSR count). The van der Waals surface area contributed by atoms with Gasteiger partial charge in [0.25, 0.3) is 0 Å². The summed E-state index contributed by atoms with van der Waals surface area (Å²) in [6.45, 7) is 4.16. The summed E-state index contributed by atoms with van der Waals surface area (Å²) in [5.41, 5.74) is 1.06. The molecule has 1 atom stereocenters. The van der Waals surface area contributed by atoms with Gasteiger partial charge in [-0.2, -0.15) is 0 Å². The molecule has 1 aliphatic heterocycles. The van der Waals surface area contributed by atoms with Gasteiger partial charge in [-0.3, -0.25) is 4.90 Å². The maximum absolute atomic E-state index is 13.0. The average molecular weight is 243 g/mol. The summed E-state index contributed by atoms with van der Waals surface area (Å²) in [5.74, 6) is -0.356. The molecule has 1 aromatic carbocycles. The number of hydrogen-bond donors (Lipinski definition) is 1. The first-order valence-corrected chi connectivity index (χ1v) is 5.85. The molecule has 16 heavy (non-hydrogen) atoms. The van der Waals surface area contributed by atoms with Gasteiger partial charge in [-0.05, 0) is 31.7 Å². The summed E-state index contributed by atoms with van der Waals surface area (Å²) in [7, 11) is 2.09. The predicted molar refractivity (Wildman–Crippen MR) is 64.2 cm³/mol. The van der Waals surface area contributed by atoms with E-state index in [1.54, 1.807) is 12.1 Å². The number of hydrogen-bond acceptors (Lipinski definition) is 2. The molecule has 1 unspecified atom stereocenters. The highest BCUT2D eigenvalue weighted by Gasteiger charge is 2.25. The quantitative estimate of drug-likeness (QED) is 0.876. The maximum Gasteiger partial charge on any atom is 0.141 e. The van der Waals surface area contributed by atoms with Crippen molar-refractivity contribution < 1.29 is 4.39 Å². The molecule has 1 aliphatic rings. The number of rotatable bonds is 3. The second kappa shape index (κ2) is 4.70. The minimum Gasteiger partial charge on any atom is -0.314 e. The van der Waals surface area contributed by atoms with Gasteiger partial charge in [0.15, 0.2) is 0 Å². The van der Waals surface area contributed by atoms with Crippen LogP contribution in [0.15, 0.2) is 18.2 Å². The van der Waals surface area contributed by atoms with Crippen molar-refractivity contribution in [3.05, 3.63) is 34.6 Å². The minimum atomic E-state index is -0.356. The monoisotopic (exact) mass is 242 g/mol. The van der Waals surface area contributed by atoms with Crippen LogP contribution in [0.1, 0.15) is 18.5 Å². The normalized spacial score (nSPS) is 18.6. The molecule has 1 heterocycles. The highest BCUT2D eigenvalue weighted by Crippen LogP contribution is 2.25. The van der Waals surface area contributed by atoms with Crippen molar-refractivity contribution in [3.63, 3.8) is 0 Å². The molecular formula is C12H16ClFN2. The van der Waals surface area contributed by atoms with Crippen molar-refractivity contribution in [2.75, 3.05) is 20.1 Å². The molecule has 1 fully saturated rings. The van der Waals surface area contributed by atoms with Crippen LogP contribution in [0.2, 0.25) is 5.02 Å². The van der Waals surface area contributed by atoms with Crippen LogP contribution in [0.5, 0.6) is 0 Å². The highest BCUT2D eigenvalue weighted by molar-refractivity contribution is 6.30. The smallest absolute Gasteiger partial charge is 0.141 e. The van der Waals surface area contributed by atoms with Gasteiger partial charge in [-0.25, -0.2) is 4.39 Å². The van der Waals surface area contributed by atoms with Gasteiger partial charge < -0.3 is 5.32 Å². The van der Waals surface area contributed by atoms with E-state index in [9.17, 15) is 4.39 Å². The zero-order valence-corrected chi connectivity index (χ0v) is 10.3. The lowest BCUT2D eigenvalue weighted by Crippen LogP contribution is -2.56. The molecule has 88 valence electrons. The second-order valence-electron chi connectivity index (χ2n) is 4.33. The molecule has 2 nitrogen and oxygen atoms in total. The Morgan fingerprint density at radius 1 is 1.50 bits per heavy atom. The summed E-state index contributed by atoms with van der Waals surface area (Å²) in [5, 5.41) is 3.44. The van der Waals surface area contributed by atoms with Crippen LogP contribution < -0.4 is 5.32 Å². The molecule has 0 aromatic heterocycles. The summed E-state index contributed by atoms with van der Waals surface area (Å²) in [4.78, 5) is 2.29. The standard InChI is InChI=1S/C12H16ClFN2/c1-8(16(2)10-6-15-7-10)9-3-4-12(14)11(13)5-9/h3-5,8,10,15H,6-7H2,1-2H3. The third kappa shape index (κ3) is 2.21. The van der Waals surface area contributed by atoms with E-state index in [2.05, 4.69) is 24.2 Å². The molecule has 1 aromatic rings. The van der Waals surface area contributed by atoms with E-state index in [0.29, 0.717) is 6.04 Å². The molecule has 0 saturated carbocycles. The van der Waals surface area contributed by atoms with Crippen LogP contribution in [0.3, 0.4) is 0 Å². The van der Waals surface area contributed by atoms with Crippen molar-refractivity contribution in [2.24, 2.45) is 0 Å². The number of nitrogens with one attached hydrogen (secondary N) is 1. The zero-order chi connectivity index (χ0) is 11.7. The van der Waals surface area contributed by atoms with Gasteiger partial charge in [0, 0.05) is 25.2 Å². The topological polar surface area (TPSA) is 15.3 Å². The van der Waals surface area contributed by atoms with Gasteiger partial charge in [-0.15, -0.1) is 0 Å². The first-order chi connectivity index (χ1) is 7.59. The lowest BCUT2D eigenvalue weighted by atomic mass is 10.0. The van der Waals surface area contributed by atoms with Crippen LogP contribution in [-0.2, 0) is 0 Å². The van der Waals surface area contributed by atoms with E-state index in [0.717, 1.165) is 18.7 Å². The highest BCUT2D eigenvalue weighted by atomic mass is 35.5. The van der Waals surface area contributed by atoms with Crippen LogP contribution in [-0.4, -0.2) is 31.1 Å². The lowest BCUT2D eigenvalue weighted by Gasteiger charge is -2.39. The summed E-state index contributed by atoms with van der Waals surface area (Å²) < 4.78 is 13.0. The molecule has 1 saturated heterocycles. The summed E-state index contributed by atoms with van der Waals surface area (Å²) in [6, 6.07) is 5.77. The van der Waals surface area contributed by atoms with Gasteiger partial charge in [0.05, 0.1) is 5.02 Å². The Morgan fingerprint density at radius 3 is 2.69 bits per heavy atom. The Kier molecular flexibility index (Phi) is 3.47. The number of benzene rings is 1. The maximum atomic E-state index is 13.0. The molecule has 0 spiro atoms. The predicted octanol–water partition coefficient (Wildman–Crippen LogP) is 2.44. The Bertz CT molecular complexity index is 379. The SMILES string of the molecule is CC(c1ccc(F)c(Cl)c1)N(C)C1CNC1. The fraction of sp³-hybridized carbons (Fsp3) is 0.500. The molecule has 1 N–H and O–H groups in total. The average Bonchev–Trinajstić information content (AvgIpc) is 2.18. The van der Waals surface area contributed by atoms with E-state index >= 15 is 0 Å². The molecule has 0 radical (unpaired) electrons. The van der Waals surface area contributed by atoms with Crippen LogP contribution in [0.25, 0.3) is 0 Å². The first kappa shape index (κ1) is 11.8. The Hall–Kier alpha value is -0.640. The Balaban J connectivity index is 2.12. The Morgan fingerprint density at radius 2 is 2.19 bits per heavy atom. The van der Waals surface area contributed by atoms with Gasteiger partial charge in [-0.1, -0.05) is 17.7 Å². The lowest BCUT2D eigenvalue weighted by molar-refractivity contribution is 0.136. The van der Waals surface area contributed by atoms with Crippen molar-refractivity contribution in [1.82, 2.24) is 10.2 Å². The summed E-state index contributed by atoms with van der Waals surface area (Å²) in [6.07, 6.45) is 0. The zero-order valence-electron chi connectivity index (χ0n) is 9.50. The molecule has 4 heteroatoms. The first-order valence-electron chi connectivity index (χ1n) is 5.47. The summed E-state index contributed by atoms with van der Waals surface area (Å²) >= 11 is 5.78. The Labute approximate surface area is 100 Å². The molecule has 0 bridgehead atoms. The van der Waals surface area contributed by atoms with E-state index in [1.807, 2.05) is 0 Å². The van der Waals surface area contributed by atoms with Crippen LogP contribution in [0, 0.1) is 5.82 Å². The molecular weight excluding hydrogens is 227 g/mol. The molecule has 0 aliphatic carbocycles. The van der Waals surface area contributed by atoms with Gasteiger partial charge in [0.1, 0.15) is 5.82 Å². The van der Waals surface area contributed by atoms with E-state index in [4.69, 9.17) is 11.6 Å². The van der Waals surface area contributed by atoms with Crippen LogP contribution >= 0.6 is 11.6 Å². The third-order valence-corrected chi connectivity index (χ3v) is 3.66. The number of nitrogens with zero attached hydrogens (tertiary/aromatic N) is 1. The number of halogens is 2. The van der Waals surface area contributed by atoms with Gasteiger partial charge >= 0.3 is 0 Å². The van der Waals surface area contributed by atoms with Crippen molar-refractivity contribution >= 4 is 11.6 Å². The third-order valence-electron chi connectivity index (χ3n) is 3.37. The minimum absolute atomic E-state index is 0.199. The van der Waals surface area contributed by atoms with Crippen molar-refractivity contribution in [2.45, 2.75) is 19.0 Å². The fourth-order valence-corrected chi connectivity index (χ4v) is 2.07. The van der Waals surface area contributed by atoms with E-state index in [-0.39, 0.29) is 16.9 Å². The van der Waals surface area contributed by atoms with E-state index < -0.39 is 0 Å². The van der Waals surface area contributed by atoms with Gasteiger partial charge in [0.2, 0.25) is 0 Å². The van der Waals surface area contributed by atoms with Crippen LogP contribution in [0.4, 0.5) is 4.39 Å². The number of likely N-dealkylation sites (N-methyl/N-ethyl adjacent to an activating group) is 1. The van der Waals surface area contributed by atoms with Crippen molar-refractivity contribution in [1.29, 1.82) is 0 Å². The molecule has 0 amide bonds. The van der Waals surface area contributed by atoms with Crippen molar-refractivity contribution in [3.8, 4) is 0 Å². The van der Waals surface area contributed by atoms with E-state index in [1.165, 1.54) is 6.07 Å². The fourth-order valence-electron chi connectivity index (χ4n) is 1.89. The second-order valence-corrected chi connectivity index (χ2v) is 4.73. The largest absolute Gasteiger partial charge is 0.314 e.